The molecule has 13 heteroatoms. The van der Waals surface area contributed by atoms with E-state index in [4.69, 9.17) is 33.2 Å². The van der Waals surface area contributed by atoms with Crippen LogP contribution in [0.3, 0.4) is 0 Å². The second-order valence-electron chi connectivity index (χ2n) is 6.38. The summed E-state index contributed by atoms with van der Waals surface area (Å²) in [6, 6.07) is 5.78. The van der Waals surface area contributed by atoms with E-state index in [-0.39, 0.29) is 52.9 Å². The van der Waals surface area contributed by atoms with Gasteiger partial charge in [-0.2, -0.15) is 10.4 Å². The van der Waals surface area contributed by atoms with Gasteiger partial charge in [0.1, 0.15) is 6.07 Å². The van der Waals surface area contributed by atoms with Crippen molar-refractivity contribution >= 4 is 46.6 Å². The lowest BCUT2D eigenvalue weighted by molar-refractivity contribution is -0.114. The summed E-state index contributed by atoms with van der Waals surface area (Å²) in [5.41, 5.74) is 2.18. The molecule has 0 fully saturated rings. The maximum atomic E-state index is 11.9. The van der Waals surface area contributed by atoms with E-state index >= 15 is 0 Å². The second-order valence-corrected chi connectivity index (χ2v) is 7.19. The Morgan fingerprint density at radius 1 is 1.23 bits per heavy atom. The Labute approximate surface area is 213 Å². The molecule has 190 valence electrons. The molecule has 0 aliphatic heterocycles. The number of rotatable bonds is 7. The van der Waals surface area contributed by atoms with E-state index in [2.05, 4.69) is 25.5 Å². The molecule has 0 bridgehead atoms. The van der Waals surface area contributed by atoms with Gasteiger partial charge in [0, 0.05) is 11.6 Å². The van der Waals surface area contributed by atoms with Crippen molar-refractivity contribution in [2.45, 2.75) is 48.0 Å². The maximum absolute atomic E-state index is 11.9. The fourth-order valence-corrected chi connectivity index (χ4v) is 2.84. The number of aromatic amines is 1. The zero-order chi connectivity index (χ0) is 25.8. The maximum Gasteiger partial charge on any atom is 0.414 e. The summed E-state index contributed by atoms with van der Waals surface area (Å²) in [6.45, 7) is 9.30. The van der Waals surface area contributed by atoms with Crippen molar-refractivity contribution in [1.82, 2.24) is 15.5 Å². The summed E-state index contributed by atoms with van der Waals surface area (Å²) in [5, 5.41) is 20.8. The number of imide groups is 1. The molecule has 0 aliphatic carbocycles. The standard InChI is InChI=1S/C19H18Cl2N6O5.C2H6.CH4/c1-4-31-19(30)23-18(29)14(8-22)25-24-10-5-12(20)16(13(21)6-10)32-15-7-11(9(2)3)17(28)27-26-15;1-2;/h5-7,9,24H,4H2,1-3H3,(H,27,28)(H,23,29,30);1-2H3;1H4/b25-14+;;. The number of aromatic nitrogens is 2. The monoisotopic (exact) mass is 526 g/mol. The summed E-state index contributed by atoms with van der Waals surface area (Å²) in [4.78, 5) is 35.0. The van der Waals surface area contributed by atoms with E-state index in [1.165, 1.54) is 18.2 Å². The van der Waals surface area contributed by atoms with Crippen molar-refractivity contribution < 1.29 is 19.1 Å². The second kappa shape index (κ2) is 15.3. The van der Waals surface area contributed by atoms with Gasteiger partial charge in [-0.25, -0.2) is 9.89 Å². The van der Waals surface area contributed by atoms with Crippen LogP contribution in [0.1, 0.15) is 53.5 Å². The van der Waals surface area contributed by atoms with E-state index in [0.717, 1.165) is 0 Å². The van der Waals surface area contributed by atoms with E-state index in [0.29, 0.717) is 5.56 Å². The number of H-pyrrole nitrogens is 1. The van der Waals surface area contributed by atoms with Crippen molar-refractivity contribution in [2.75, 3.05) is 12.0 Å². The summed E-state index contributed by atoms with van der Waals surface area (Å²) in [5.74, 6) is -0.966. The summed E-state index contributed by atoms with van der Waals surface area (Å²) >= 11 is 12.5. The first-order chi connectivity index (χ1) is 16.2. The van der Waals surface area contributed by atoms with Crippen LogP contribution in [0.15, 0.2) is 28.1 Å². The van der Waals surface area contributed by atoms with Crippen molar-refractivity contribution in [1.29, 1.82) is 5.26 Å². The van der Waals surface area contributed by atoms with Crippen LogP contribution in [0.2, 0.25) is 10.0 Å². The Bertz CT molecular complexity index is 1130. The van der Waals surface area contributed by atoms with Crippen LogP contribution in [0.4, 0.5) is 10.5 Å². The van der Waals surface area contributed by atoms with Crippen molar-refractivity contribution in [3.63, 3.8) is 0 Å². The van der Waals surface area contributed by atoms with Gasteiger partial charge in [0.25, 0.3) is 11.5 Å². The fraction of sp³-hybridized carbons (Fsp3) is 0.364. The molecule has 0 saturated heterocycles. The van der Waals surface area contributed by atoms with E-state index in [9.17, 15) is 14.4 Å². The number of nitrogens with one attached hydrogen (secondary N) is 3. The summed E-state index contributed by atoms with van der Waals surface area (Å²) in [7, 11) is 0. The van der Waals surface area contributed by atoms with Gasteiger partial charge in [0.15, 0.2) is 5.75 Å². The number of hydrogen-bond donors (Lipinski definition) is 3. The number of hydrogen-bond acceptors (Lipinski definition) is 9. The zero-order valence-corrected chi connectivity index (χ0v) is 20.7. The minimum Gasteiger partial charge on any atom is -0.450 e. The Morgan fingerprint density at radius 2 is 1.83 bits per heavy atom. The smallest absolute Gasteiger partial charge is 0.414 e. The molecule has 0 atom stereocenters. The molecule has 2 amide bonds. The number of anilines is 1. The van der Waals surface area contributed by atoms with Gasteiger partial charge < -0.3 is 9.47 Å². The van der Waals surface area contributed by atoms with Crippen LogP contribution in [0.5, 0.6) is 11.6 Å². The van der Waals surface area contributed by atoms with Gasteiger partial charge in [0.2, 0.25) is 11.6 Å². The molecule has 1 heterocycles. The lowest BCUT2D eigenvalue weighted by Gasteiger charge is -2.12. The number of hydrazone groups is 1. The van der Waals surface area contributed by atoms with Crippen molar-refractivity contribution in [3.05, 3.63) is 44.2 Å². The van der Waals surface area contributed by atoms with E-state index in [1.54, 1.807) is 13.0 Å². The highest BCUT2D eigenvalue weighted by atomic mass is 35.5. The first-order valence-corrected chi connectivity index (χ1v) is 10.9. The average Bonchev–Trinajstić information content (AvgIpc) is 2.79. The molecule has 1 aromatic heterocycles. The summed E-state index contributed by atoms with van der Waals surface area (Å²) < 4.78 is 10.2. The number of carbonyl (C=O) groups is 2. The van der Waals surface area contributed by atoms with Gasteiger partial charge in [-0.1, -0.05) is 58.3 Å². The highest BCUT2D eigenvalue weighted by Gasteiger charge is 2.17. The highest BCUT2D eigenvalue weighted by Crippen LogP contribution is 2.38. The zero-order valence-electron chi connectivity index (χ0n) is 19.2. The van der Waals surface area contributed by atoms with Crippen LogP contribution in [-0.2, 0) is 9.53 Å². The third-order valence-electron chi connectivity index (χ3n) is 3.74. The minimum absolute atomic E-state index is 0. The largest absolute Gasteiger partial charge is 0.450 e. The quantitative estimate of drug-likeness (QED) is 0.327. The molecule has 11 nitrogen and oxygen atoms in total. The van der Waals surface area contributed by atoms with Crippen LogP contribution < -0.4 is 21.0 Å². The van der Waals surface area contributed by atoms with Gasteiger partial charge >= 0.3 is 6.09 Å². The minimum atomic E-state index is -1.05. The van der Waals surface area contributed by atoms with Crippen LogP contribution >= 0.6 is 23.2 Å². The van der Waals surface area contributed by atoms with Crippen molar-refractivity contribution in [2.24, 2.45) is 5.10 Å². The summed E-state index contributed by atoms with van der Waals surface area (Å²) in [6.07, 6.45) is -1.01. The number of nitriles is 1. The third kappa shape index (κ3) is 9.27. The Kier molecular flexibility index (Phi) is 13.7. The normalized spacial score (nSPS) is 10.2. The first-order valence-electron chi connectivity index (χ1n) is 10.1. The molecule has 0 spiro atoms. The number of amides is 2. The Morgan fingerprint density at radius 3 is 2.34 bits per heavy atom. The number of nitrogens with zero attached hydrogens (tertiary/aromatic N) is 3. The van der Waals surface area contributed by atoms with Gasteiger partial charge in [-0.05, 0) is 25.0 Å². The van der Waals surface area contributed by atoms with Crippen LogP contribution in [0, 0.1) is 11.3 Å². The molecule has 0 saturated carbocycles. The van der Waals surface area contributed by atoms with Gasteiger partial charge in [-0.3, -0.25) is 20.3 Å². The molecule has 2 rings (SSSR count). The first kappa shape index (κ1) is 31.4. The fourth-order valence-electron chi connectivity index (χ4n) is 2.27. The predicted molar refractivity (Wildman–Crippen MR) is 135 cm³/mol. The highest BCUT2D eigenvalue weighted by molar-refractivity contribution is 6.47. The third-order valence-corrected chi connectivity index (χ3v) is 4.31. The Balaban J connectivity index is 0.00000375. The van der Waals surface area contributed by atoms with E-state index in [1.807, 2.05) is 33.0 Å². The van der Waals surface area contributed by atoms with Gasteiger partial charge in [-0.15, -0.1) is 5.10 Å². The number of carbonyl (C=O) groups excluding carboxylic acids is 2. The molecule has 2 aromatic rings. The predicted octanol–water partition coefficient (Wildman–Crippen LogP) is 5.22. The molecule has 0 aliphatic rings. The SMILES string of the molecule is C.CC.CCOC(=O)NC(=O)/C(C#N)=N/Nc1cc(Cl)c(Oc2cc(C(C)C)c(=O)[nH]n2)c(Cl)c1. The van der Waals surface area contributed by atoms with Crippen LogP contribution in [0.25, 0.3) is 0 Å². The number of benzene rings is 1. The Hall–Kier alpha value is -3.62. The molecule has 0 unspecified atom stereocenters. The molecule has 1 aromatic carbocycles. The number of halogens is 2. The molecular weight excluding hydrogens is 499 g/mol. The molecule has 35 heavy (non-hydrogen) atoms. The molecule has 0 radical (unpaired) electrons. The van der Waals surface area contributed by atoms with Gasteiger partial charge in [0.05, 0.1) is 22.3 Å². The lowest BCUT2D eigenvalue weighted by Crippen LogP contribution is -2.36. The molecule has 3 N–H and O–H groups in total. The van der Waals surface area contributed by atoms with E-state index < -0.39 is 17.7 Å². The van der Waals surface area contributed by atoms with Crippen molar-refractivity contribution in [3.8, 4) is 17.7 Å². The molecular formula is C22H28Cl2N6O5. The van der Waals surface area contributed by atoms with Crippen LogP contribution in [-0.4, -0.2) is 34.5 Å². The topological polar surface area (TPSA) is 159 Å². The lowest BCUT2D eigenvalue weighted by atomic mass is 10.1. The number of alkyl carbamates (subject to hydrolysis) is 1. The number of ether oxygens (including phenoxy) is 2. The average molecular weight is 527 g/mol.